The first kappa shape index (κ1) is 18.0. The maximum atomic E-state index is 13.1. The summed E-state index contributed by atoms with van der Waals surface area (Å²) in [4.78, 5) is 25.3. The molecule has 1 heterocycles. The van der Waals surface area contributed by atoms with Gasteiger partial charge in [-0.25, -0.2) is 0 Å². The molecule has 3 rings (SSSR count). The molecule has 0 bridgehead atoms. The second kappa shape index (κ2) is 7.22. The van der Waals surface area contributed by atoms with Gasteiger partial charge in [-0.05, 0) is 35.9 Å². The third-order valence-corrected chi connectivity index (χ3v) is 4.23. The second-order valence-corrected chi connectivity index (χ2v) is 6.58. The molecule has 0 saturated heterocycles. The van der Waals surface area contributed by atoms with Crippen molar-refractivity contribution in [2.24, 2.45) is 5.92 Å². The van der Waals surface area contributed by atoms with Crippen molar-refractivity contribution < 1.29 is 13.9 Å². The summed E-state index contributed by atoms with van der Waals surface area (Å²) in [6, 6.07) is 11.8. The predicted molar refractivity (Wildman–Crippen MR) is 103 cm³/mol. The Morgan fingerprint density at radius 1 is 1.15 bits per heavy atom. The zero-order valence-electron chi connectivity index (χ0n) is 14.6. The monoisotopic (exact) mass is 371 g/mol. The van der Waals surface area contributed by atoms with E-state index in [0.717, 1.165) is 0 Å². The summed E-state index contributed by atoms with van der Waals surface area (Å²) < 4.78 is 11.0. The lowest BCUT2D eigenvalue weighted by Crippen LogP contribution is -2.20. The van der Waals surface area contributed by atoms with E-state index in [1.165, 1.54) is 0 Å². The number of ether oxygens (including phenoxy) is 1. The minimum atomic E-state index is -0.266. The molecule has 26 heavy (non-hydrogen) atoms. The van der Waals surface area contributed by atoms with Gasteiger partial charge in [-0.2, -0.15) is 0 Å². The normalized spacial score (nSPS) is 11.0. The van der Waals surface area contributed by atoms with E-state index in [0.29, 0.717) is 27.3 Å². The molecule has 134 valence electrons. The maximum absolute atomic E-state index is 13.1. The smallest absolute Gasteiger partial charge is 0.229 e. The van der Waals surface area contributed by atoms with Crippen LogP contribution in [-0.4, -0.2) is 13.0 Å². The molecule has 0 aliphatic rings. The second-order valence-electron chi connectivity index (χ2n) is 6.15. The van der Waals surface area contributed by atoms with Gasteiger partial charge in [0.05, 0.1) is 18.1 Å². The van der Waals surface area contributed by atoms with Gasteiger partial charge in [0, 0.05) is 10.9 Å². The molecule has 0 aliphatic heterocycles. The van der Waals surface area contributed by atoms with Crippen molar-refractivity contribution in [1.29, 1.82) is 0 Å². The first-order chi connectivity index (χ1) is 12.4. The highest BCUT2D eigenvalue weighted by Crippen LogP contribution is 2.31. The Kier molecular flexibility index (Phi) is 5.00. The van der Waals surface area contributed by atoms with E-state index in [4.69, 9.17) is 20.8 Å². The van der Waals surface area contributed by atoms with Crippen LogP contribution in [0.5, 0.6) is 5.75 Å². The minimum Gasteiger partial charge on any atom is -0.497 e. The topological polar surface area (TPSA) is 68.5 Å². The molecule has 0 atom stereocenters. The molecule has 0 saturated carbocycles. The van der Waals surface area contributed by atoms with Crippen LogP contribution in [-0.2, 0) is 4.79 Å². The Hall–Kier alpha value is -2.79. The Balaban J connectivity index is 2.26. The van der Waals surface area contributed by atoms with Crippen LogP contribution < -0.4 is 15.5 Å². The molecule has 1 N–H and O–H groups in total. The fourth-order valence-electron chi connectivity index (χ4n) is 2.53. The quantitative estimate of drug-likeness (QED) is 0.720. The Labute approximate surface area is 155 Å². The maximum Gasteiger partial charge on any atom is 0.229 e. The standard InChI is InChI=1S/C20H18ClNO4/c1-11(2)19(24)22-20-17(12-4-7-14(25-3)8-5-12)18(23)15-10-13(21)6-9-16(15)26-20/h4-11H,1-3H3,(H,22,24). The average molecular weight is 372 g/mol. The van der Waals surface area contributed by atoms with Gasteiger partial charge in [0.15, 0.2) is 0 Å². The van der Waals surface area contributed by atoms with Crippen LogP contribution in [0.15, 0.2) is 51.7 Å². The lowest BCUT2D eigenvalue weighted by atomic mass is 10.0. The number of hydrogen-bond acceptors (Lipinski definition) is 4. The SMILES string of the molecule is COc1ccc(-c2c(NC(=O)C(C)C)oc3ccc(Cl)cc3c2=O)cc1. The first-order valence-electron chi connectivity index (χ1n) is 8.12. The van der Waals surface area contributed by atoms with E-state index in [9.17, 15) is 9.59 Å². The average Bonchev–Trinajstić information content (AvgIpc) is 2.63. The molecular formula is C20H18ClNO4. The number of anilines is 1. The molecule has 0 fully saturated rings. The fourth-order valence-corrected chi connectivity index (χ4v) is 2.70. The zero-order chi connectivity index (χ0) is 18.8. The molecule has 1 aromatic heterocycles. The summed E-state index contributed by atoms with van der Waals surface area (Å²) in [7, 11) is 1.57. The van der Waals surface area contributed by atoms with E-state index in [-0.39, 0.29) is 28.7 Å². The van der Waals surface area contributed by atoms with Gasteiger partial charge < -0.3 is 9.15 Å². The number of hydrogen-bond donors (Lipinski definition) is 1. The number of nitrogens with one attached hydrogen (secondary N) is 1. The third kappa shape index (κ3) is 3.44. The number of amides is 1. The van der Waals surface area contributed by atoms with Crippen molar-refractivity contribution in [2.75, 3.05) is 12.4 Å². The molecule has 3 aromatic rings. The number of halogens is 1. The number of methoxy groups -OCH3 is 1. The lowest BCUT2D eigenvalue weighted by Gasteiger charge is -2.13. The highest BCUT2D eigenvalue weighted by atomic mass is 35.5. The van der Waals surface area contributed by atoms with Crippen molar-refractivity contribution in [3.8, 4) is 16.9 Å². The largest absolute Gasteiger partial charge is 0.497 e. The highest BCUT2D eigenvalue weighted by molar-refractivity contribution is 6.31. The van der Waals surface area contributed by atoms with Crippen LogP contribution in [0.4, 0.5) is 5.88 Å². The molecule has 0 aliphatic carbocycles. The number of benzene rings is 2. The Morgan fingerprint density at radius 2 is 1.85 bits per heavy atom. The van der Waals surface area contributed by atoms with Gasteiger partial charge in [-0.1, -0.05) is 37.6 Å². The van der Waals surface area contributed by atoms with Crippen molar-refractivity contribution in [2.45, 2.75) is 13.8 Å². The zero-order valence-corrected chi connectivity index (χ0v) is 15.4. The summed E-state index contributed by atoms with van der Waals surface area (Å²) in [6.07, 6.45) is 0. The highest BCUT2D eigenvalue weighted by Gasteiger charge is 2.19. The van der Waals surface area contributed by atoms with E-state index in [2.05, 4.69) is 5.32 Å². The van der Waals surface area contributed by atoms with E-state index >= 15 is 0 Å². The van der Waals surface area contributed by atoms with Crippen molar-refractivity contribution in [3.05, 3.63) is 57.7 Å². The van der Waals surface area contributed by atoms with Crippen LogP contribution in [0.25, 0.3) is 22.1 Å². The van der Waals surface area contributed by atoms with Gasteiger partial charge in [-0.15, -0.1) is 0 Å². The number of fused-ring (bicyclic) bond motifs is 1. The summed E-state index contributed by atoms with van der Waals surface area (Å²) in [6.45, 7) is 3.53. The third-order valence-electron chi connectivity index (χ3n) is 3.99. The van der Waals surface area contributed by atoms with Crippen LogP contribution in [0.2, 0.25) is 5.02 Å². The molecule has 0 radical (unpaired) electrons. The van der Waals surface area contributed by atoms with Gasteiger partial charge in [0.2, 0.25) is 17.2 Å². The molecular weight excluding hydrogens is 354 g/mol. The number of carbonyl (C=O) groups excluding carboxylic acids is 1. The van der Waals surface area contributed by atoms with Crippen LogP contribution >= 0.6 is 11.6 Å². The fraction of sp³-hybridized carbons (Fsp3) is 0.200. The van der Waals surface area contributed by atoms with Gasteiger partial charge in [-0.3, -0.25) is 14.9 Å². The van der Waals surface area contributed by atoms with Gasteiger partial charge >= 0.3 is 0 Å². The predicted octanol–water partition coefficient (Wildman–Crippen LogP) is 4.72. The lowest BCUT2D eigenvalue weighted by molar-refractivity contribution is -0.119. The molecule has 0 spiro atoms. The van der Waals surface area contributed by atoms with Gasteiger partial charge in [0.25, 0.3) is 0 Å². The number of rotatable bonds is 4. The summed E-state index contributed by atoms with van der Waals surface area (Å²) in [5.41, 5.74) is 0.977. The Morgan fingerprint density at radius 3 is 2.46 bits per heavy atom. The van der Waals surface area contributed by atoms with Crippen LogP contribution in [0.1, 0.15) is 13.8 Å². The van der Waals surface area contributed by atoms with Gasteiger partial charge in [0.1, 0.15) is 11.3 Å². The van der Waals surface area contributed by atoms with Crippen molar-refractivity contribution in [1.82, 2.24) is 0 Å². The first-order valence-corrected chi connectivity index (χ1v) is 8.50. The van der Waals surface area contributed by atoms with E-state index in [1.807, 2.05) is 0 Å². The summed E-state index contributed by atoms with van der Waals surface area (Å²) in [5.74, 6) is 0.282. The molecule has 6 heteroatoms. The van der Waals surface area contributed by atoms with Crippen molar-refractivity contribution in [3.63, 3.8) is 0 Å². The molecule has 2 aromatic carbocycles. The Bertz CT molecular complexity index is 1020. The summed E-state index contributed by atoms with van der Waals surface area (Å²) >= 11 is 6.03. The van der Waals surface area contributed by atoms with Crippen LogP contribution in [0, 0.1) is 5.92 Å². The van der Waals surface area contributed by atoms with Crippen LogP contribution in [0.3, 0.4) is 0 Å². The summed E-state index contributed by atoms with van der Waals surface area (Å²) in [5, 5.41) is 3.50. The molecule has 0 unspecified atom stereocenters. The van der Waals surface area contributed by atoms with Crippen molar-refractivity contribution >= 4 is 34.4 Å². The molecule has 5 nitrogen and oxygen atoms in total. The number of carbonyl (C=O) groups is 1. The minimum absolute atomic E-state index is 0.119. The van der Waals surface area contributed by atoms with E-state index < -0.39 is 0 Å². The molecule has 1 amide bonds. The van der Waals surface area contributed by atoms with E-state index in [1.54, 1.807) is 63.4 Å².